The summed E-state index contributed by atoms with van der Waals surface area (Å²) in [4.78, 5) is 89.2. The van der Waals surface area contributed by atoms with Crippen molar-refractivity contribution in [3.05, 3.63) is 160 Å². The maximum absolute atomic E-state index is 14.1. The minimum Gasteiger partial charge on any atom is -0.395 e. The van der Waals surface area contributed by atoms with E-state index >= 15 is 0 Å². The zero-order valence-electron chi connectivity index (χ0n) is 62.9. The average molecular weight is 1520 g/mol. The van der Waals surface area contributed by atoms with Crippen LogP contribution < -0.4 is 61.3 Å². The number of carbonyl (C=O) groups excluding carboxylic acids is 3. The van der Waals surface area contributed by atoms with Crippen molar-refractivity contribution < 1.29 is 19.5 Å². The Morgan fingerprint density at radius 3 is 1.28 bits per heavy atom. The molecule has 0 radical (unpaired) electrons. The first kappa shape index (κ1) is 76.6. The molecule has 11 heterocycles. The number of benzene rings is 3. The molecule has 570 valence electrons. The molecule has 28 heteroatoms. The summed E-state index contributed by atoms with van der Waals surface area (Å²) in [6.07, 6.45) is 9.73. The van der Waals surface area contributed by atoms with Crippen molar-refractivity contribution in [2.24, 2.45) is 0 Å². The number of amides is 3. The molecule has 5 saturated heterocycles. The number of β-amino-alcohol motifs (C(OH)–C–C–N with tert-alkyl or cyclic N) is 1. The molecular formula is C79H104Cl3N21O4. The molecule has 6 fully saturated rings. The Balaban J connectivity index is 0.000000142. The maximum Gasteiger partial charge on any atom is 0.232 e. The molecular weight excluding hydrogens is 1410 g/mol. The minimum atomic E-state index is -0.267. The highest BCUT2D eigenvalue weighted by Gasteiger charge is 2.53. The van der Waals surface area contributed by atoms with Crippen LogP contribution in [0.4, 0.5) is 52.0 Å². The molecule has 3 aromatic carbocycles. The summed E-state index contributed by atoms with van der Waals surface area (Å²) in [5.41, 5.74) is 8.62. The van der Waals surface area contributed by atoms with Crippen molar-refractivity contribution in [1.82, 2.24) is 60.6 Å². The second-order valence-electron chi connectivity index (χ2n) is 30.6. The van der Waals surface area contributed by atoms with E-state index in [1.54, 1.807) is 19.0 Å². The molecule has 3 aromatic heterocycles. The average Bonchev–Trinajstić information content (AvgIpc) is 1.65. The third kappa shape index (κ3) is 17.0. The van der Waals surface area contributed by atoms with E-state index in [1.165, 1.54) is 0 Å². The Bertz CT molecular complexity index is 4160. The standard InChI is InChI=1S/C27H36ClN7O2.C27H36ClN7O.C25H32ClN7O/c1-17(2)29-12-23(19-4-6-20(28)7-5-19)27(37)35-21-8-9-22(35)15-34(14-21)26-24-25(30-16-31-26)32-18(3)13-33(24)10-11-36;1-5-33-13-18(4)32-25-24(33)26(31-16-30-25)34-14-21-10-11-22(15-34)35(21)27(36)23(12-29-17(2)3)19-6-8-20(28)9-7-19;1-15(2)27-12-19(17-5-7-18(26)8-6-17)25(34)33-10-9-32(20-11-21(20)33)24-22-23(28-14-29-24)30-16(3)13-31(22)4/h4-7,16-17,21-23,29,36H,3,8-15H2,1-2H3,(H,30,31,32);6-9,16-17,21-23,29H,4-5,10-15H2,1-3H3,(H,30,31,32);5-8,14-15,19-21,27H,3,9-13H2,1-2,4H3,(H,28,29,30)/t2*21?,22?,23-;19-,20-,21+/m111/s1. The molecule has 1 saturated carbocycles. The van der Waals surface area contributed by atoms with E-state index in [9.17, 15) is 19.5 Å². The summed E-state index contributed by atoms with van der Waals surface area (Å²) < 4.78 is 0. The van der Waals surface area contributed by atoms with Gasteiger partial charge in [-0.2, -0.15) is 0 Å². The number of hydrogen-bond acceptors (Lipinski definition) is 22. The monoisotopic (exact) mass is 1520 g/mol. The van der Waals surface area contributed by atoms with Gasteiger partial charge in [-0.25, -0.2) is 29.9 Å². The molecule has 6 aromatic rings. The number of nitrogens with zero attached hydrogens (tertiary/aromatic N) is 15. The maximum atomic E-state index is 14.1. The second kappa shape index (κ2) is 33.5. The quantitative estimate of drug-likeness (QED) is 0.0354. The highest BCUT2D eigenvalue weighted by Crippen LogP contribution is 2.47. The van der Waals surface area contributed by atoms with Crippen LogP contribution in [0.5, 0.6) is 0 Å². The molecule has 1 aliphatic carbocycles. The summed E-state index contributed by atoms with van der Waals surface area (Å²) in [6.45, 7) is 36.6. The minimum absolute atomic E-state index is 0.0328. The van der Waals surface area contributed by atoms with Crippen molar-refractivity contribution in [3.8, 4) is 0 Å². The van der Waals surface area contributed by atoms with E-state index in [0.717, 1.165) is 145 Å². The highest BCUT2D eigenvalue weighted by atomic mass is 35.5. The number of fused-ring (bicyclic) bond motifs is 8. The van der Waals surface area contributed by atoms with Crippen LogP contribution in [0.15, 0.2) is 129 Å². The molecule has 9 atom stereocenters. The Morgan fingerprint density at radius 1 is 0.505 bits per heavy atom. The molecule has 9 aliphatic rings. The van der Waals surface area contributed by atoms with Crippen LogP contribution in [0.2, 0.25) is 15.1 Å². The van der Waals surface area contributed by atoms with Gasteiger partial charge in [-0.15, -0.1) is 0 Å². The number of aromatic nitrogens is 6. The number of piperazine rings is 3. The van der Waals surface area contributed by atoms with Gasteiger partial charge in [0.15, 0.2) is 34.9 Å². The van der Waals surface area contributed by atoms with Crippen molar-refractivity contribution in [2.45, 2.75) is 153 Å². The number of aliphatic hydroxyl groups excluding tert-OH is 1. The summed E-state index contributed by atoms with van der Waals surface area (Å²) in [5, 5.41) is 32.0. The molecule has 25 nitrogen and oxygen atoms in total. The van der Waals surface area contributed by atoms with Crippen LogP contribution in [0, 0.1) is 0 Å². The van der Waals surface area contributed by atoms with Gasteiger partial charge in [0.2, 0.25) is 17.7 Å². The van der Waals surface area contributed by atoms with Crippen molar-refractivity contribution >= 4 is 104 Å². The van der Waals surface area contributed by atoms with Crippen molar-refractivity contribution in [1.29, 1.82) is 0 Å². The van der Waals surface area contributed by atoms with Crippen LogP contribution >= 0.6 is 34.8 Å². The first-order valence-electron chi connectivity index (χ1n) is 37.9. The van der Waals surface area contributed by atoms with E-state index < -0.39 is 0 Å². The number of likely N-dealkylation sites (N-methyl/N-ethyl adjacent to an activating group) is 2. The predicted octanol–water partition coefficient (Wildman–Crippen LogP) is 9.76. The summed E-state index contributed by atoms with van der Waals surface area (Å²) in [6, 6.07) is 25.0. The lowest BCUT2D eigenvalue weighted by molar-refractivity contribution is -0.137. The number of aliphatic hydroxyl groups is 1. The Hall–Kier alpha value is -8.56. The summed E-state index contributed by atoms with van der Waals surface area (Å²) in [5.74, 6) is 4.86. The van der Waals surface area contributed by atoms with Crippen LogP contribution in [0.1, 0.15) is 115 Å². The molecule has 3 amide bonds. The van der Waals surface area contributed by atoms with E-state index in [-0.39, 0.29) is 84.4 Å². The number of nitrogens with one attached hydrogen (secondary N) is 6. The zero-order valence-corrected chi connectivity index (χ0v) is 65.1. The fraction of sp³-hybridized carbons (Fsp3) is 0.506. The Morgan fingerprint density at radius 2 is 0.879 bits per heavy atom. The lowest BCUT2D eigenvalue weighted by atomic mass is 9.95. The van der Waals surface area contributed by atoms with Gasteiger partial charge in [0.05, 0.1) is 56.1 Å². The molecule has 4 bridgehead atoms. The van der Waals surface area contributed by atoms with Gasteiger partial charge in [0.25, 0.3) is 0 Å². The Kier molecular flexibility index (Phi) is 24.0. The number of carbonyl (C=O) groups is 3. The third-order valence-corrected chi connectivity index (χ3v) is 22.6. The molecule has 107 heavy (non-hydrogen) atoms. The van der Waals surface area contributed by atoms with Gasteiger partial charge in [-0.05, 0) is 92.1 Å². The number of anilines is 9. The van der Waals surface area contributed by atoms with E-state index in [2.05, 4.69) is 169 Å². The van der Waals surface area contributed by atoms with Gasteiger partial charge < -0.3 is 81.1 Å². The largest absolute Gasteiger partial charge is 0.395 e. The smallest absolute Gasteiger partial charge is 0.232 e. The zero-order chi connectivity index (χ0) is 75.5. The van der Waals surface area contributed by atoms with Crippen molar-refractivity contribution in [2.75, 3.05) is 151 Å². The number of hydrogen-bond donors (Lipinski definition) is 7. The second-order valence-corrected chi connectivity index (χ2v) is 31.9. The van der Waals surface area contributed by atoms with Gasteiger partial charge in [-0.3, -0.25) is 14.4 Å². The topological polar surface area (TPSA) is 250 Å². The Labute approximate surface area is 644 Å². The number of halogens is 3. The molecule has 7 N–H and O–H groups in total. The lowest BCUT2D eigenvalue weighted by Gasteiger charge is -2.44. The van der Waals surface area contributed by atoms with Crippen LogP contribution in [-0.2, 0) is 14.4 Å². The van der Waals surface area contributed by atoms with E-state index in [0.29, 0.717) is 91.9 Å². The fourth-order valence-corrected chi connectivity index (χ4v) is 17.1. The molecule has 4 unspecified atom stereocenters. The SMILES string of the molecule is C=C1CN(C)c2c(ncnc2N2CCN(C(=O)[C@H](CNC(C)C)c3ccc(Cl)cc3)[C@H]3C[C@H]32)N1.C=C1CN(CC)c2c(ncnc2N2CC3CCC(C2)N3C(=O)[C@H](CNC(C)C)c2ccc(Cl)cc2)N1.C=C1CN(CCO)c2c(ncnc2N2CC3CCC(C2)N3C(=O)[C@H](CNC(C)C)c2ccc(Cl)cc2)N1. The highest BCUT2D eigenvalue weighted by molar-refractivity contribution is 6.31. The summed E-state index contributed by atoms with van der Waals surface area (Å²) in [7, 11) is 2.04. The van der Waals surface area contributed by atoms with Gasteiger partial charge in [0, 0.05) is 153 Å². The van der Waals surface area contributed by atoms with Gasteiger partial charge in [-0.1, -0.05) is 132 Å². The molecule has 0 spiro atoms. The molecule has 15 rings (SSSR count). The van der Waals surface area contributed by atoms with Crippen LogP contribution in [-0.4, -0.2) is 227 Å². The van der Waals surface area contributed by atoms with E-state index in [1.807, 2.05) is 79.8 Å². The van der Waals surface area contributed by atoms with Gasteiger partial charge in [0.1, 0.15) is 36.0 Å². The molecule has 8 aliphatic heterocycles. The van der Waals surface area contributed by atoms with Crippen LogP contribution in [0.25, 0.3) is 0 Å². The van der Waals surface area contributed by atoms with Crippen LogP contribution in [0.3, 0.4) is 0 Å². The number of rotatable bonds is 21. The predicted molar refractivity (Wildman–Crippen MR) is 430 cm³/mol. The fourth-order valence-electron chi connectivity index (χ4n) is 16.7. The first-order valence-corrected chi connectivity index (χ1v) is 39.1. The van der Waals surface area contributed by atoms with E-state index in [4.69, 9.17) is 39.8 Å². The lowest BCUT2D eigenvalue weighted by Crippen LogP contribution is -2.58. The van der Waals surface area contributed by atoms with Gasteiger partial charge >= 0.3 is 0 Å². The normalized spacial score (nSPS) is 22.0. The third-order valence-electron chi connectivity index (χ3n) is 21.9. The van der Waals surface area contributed by atoms with Crippen molar-refractivity contribution in [3.63, 3.8) is 0 Å². The summed E-state index contributed by atoms with van der Waals surface area (Å²) >= 11 is 18.4. The first-order chi connectivity index (χ1) is 51.5.